The Kier molecular flexibility index (Phi) is 6.20. The van der Waals surface area contributed by atoms with Crippen LogP contribution in [0.15, 0.2) is 36.4 Å². The van der Waals surface area contributed by atoms with Crippen LogP contribution >= 0.6 is 0 Å². The van der Waals surface area contributed by atoms with Gasteiger partial charge in [0.05, 0.1) is 0 Å². The molecule has 0 heterocycles. The zero-order valence-corrected chi connectivity index (χ0v) is 11.6. The van der Waals surface area contributed by atoms with Gasteiger partial charge in [-0.15, -0.1) is 0 Å². The highest BCUT2D eigenvalue weighted by atomic mass is 16.2. The molecule has 0 radical (unpaired) electrons. The Morgan fingerprint density at radius 2 is 1.89 bits per heavy atom. The normalized spacial score (nSPS) is 11.4. The Hall–Kier alpha value is -1.57. The quantitative estimate of drug-likeness (QED) is 0.747. The van der Waals surface area contributed by atoms with Crippen molar-refractivity contribution in [2.24, 2.45) is 0 Å². The van der Waals surface area contributed by atoms with Gasteiger partial charge < -0.3 is 4.90 Å². The number of hydrogen-bond donors (Lipinski definition) is 0. The summed E-state index contributed by atoms with van der Waals surface area (Å²) in [6, 6.07) is 10.3. The predicted octanol–water partition coefficient (Wildman–Crippen LogP) is 3.74. The molecule has 1 aromatic rings. The molecule has 2 heteroatoms. The summed E-state index contributed by atoms with van der Waals surface area (Å²) in [5, 5.41) is 0. The second-order valence-electron chi connectivity index (χ2n) is 4.45. The van der Waals surface area contributed by atoms with Gasteiger partial charge in [-0.2, -0.15) is 0 Å². The third-order valence-electron chi connectivity index (χ3n) is 3.00. The minimum Gasteiger partial charge on any atom is -0.339 e. The van der Waals surface area contributed by atoms with Crippen LogP contribution in [0.3, 0.4) is 0 Å². The molecule has 0 spiro atoms. The van der Waals surface area contributed by atoms with Crippen LogP contribution in [-0.2, 0) is 4.79 Å². The molecule has 0 aliphatic rings. The van der Waals surface area contributed by atoms with Crippen LogP contribution < -0.4 is 0 Å². The number of nitrogens with zero attached hydrogens (tertiary/aromatic N) is 1. The van der Waals surface area contributed by atoms with Gasteiger partial charge in [-0.25, -0.2) is 0 Å². The molecule has 0 aliphatic carbocycles. The summed E-state index contributed by atoms with van der Waals surface area (Å²) >= 11 is 0. The predicted molar refractivity (Wildman–Crippen MR) is 77.3 cm³/mol. The summed E-state index contributed by atoms with van der Waals surface area (Å²) in [6.45, 7) is 7.66. The summed E-state index contributed by atoms with van der Waals surface area (Å²) in [7, 11) is 0. The second kappa shape index (κ2) is 7.70. The number of carbonyl (C=O) groups excluding carboxylic acids is 1. The summed E-state index contributed by atoms with van der Waals surface area (Å²) < 4.78 is 0. The van der Waals surface area contributed by atoms with Crippen LogP contribution in [0.25, 0.3) is 5.57 Å². The van der Waals surface area contributed by atoms with Crippen molar-refractivity contribution in [3.8, 4) is 0 Å². The number of allylic oxidation sites excluding steroid dienone is 1. The van der Waals surface area contributed by atoms with Crippen molar-refractivity contribution in [1.82, 2.24) is 4.90 Å². The molecular formula is C16H23NO. The van der Waals surface area contributed by atoms with Crippen molar-refractivity contribution in [2.75, 3.05) is 13.1 Å². The Bertz CT molecular complexity index is 395. The van der Waals surface area contributed by atoms with Gasteiger partial charge in [0.25, 0.3) is 0 Å². The van der Waals surface area contributed by atoms with E-state index in [1.807, 2.05) is 30.0 Å². The van der Waals surface area contributed by atoms with Gasteiger partial charge in [-0.3, -0.25) is 4.79 Å². The van der Waals surface area contributed by atoms with Crippen molar-refractivity contribution in [1.29, 1.82) is 0 Å². The smallest absolute Gasteiger partial charge is 0.222 e. The highest BCUT2D eigenvalue weighted by Crippen LogP contribution is 2.12. The van der Waals surface area contributed by atoms with Crippen LogP contribution in [0, 0.1) is 0 Å². The van der Waals surface area contributed by atoms with E-state index in [1.165, 1.54) is 11.1 Å². The molecule has 1 rings (SSSR count). The van der Waals surface area contributed by atoms with Crippen LogP contribution in [0.2, 0.25) is 0 Å². The van der Waals surface area contributed by atoms with Gasteiger partial charge in [-0.05, 0) is 24.5 Å². The molecule has 0 saturated carbocycles. The first-order valence-electron chi connectivity index (χ1n) is 6.69. The van der Waals surface area contributed by atoms with Crippen molar-refractivity contribution in [3.05, 3.63) is 42.0 Å². The van der Waals surface area contributed by atoms with Gasteiger partial charge in [0.15, 0.2) is 0 Å². The largest absolute Gasteiger partial charge is 0.339 e. The number of rotatable bonds is 6. The second-order valence-corrected chi connectivity index (χ2v) is 4.45. The first-order chi connectivity index (χ1) is 8.69. The van der Waals surface area contributed by atoms with Gasteiger partial charge in [0.2, 0.25) is 5.91 Å². The first-order valence-corrected chi connectivity index (χ1v) is 6.69. The molecule has 0 saturated heterocycles. The monoisotopic (exact) mass is 245 g/mol. The highest BCUT2D eigenvalue weighted by Gasteiger charge is 2.08. The lowest BCUT2D eigenvalue weighted by Crippen LogP contribution is -2.31. The summed E-state index contributed by atoms with van der Waals surface area (Å²) in [6.07, 6.45) is 3.72. The molecular weight excluding hydrogens is 222 g/mol. The maximum atomic E-state index is 11.7. The van der Waals surface area contributed by atoms with E-state index < -0.39 is 0 Å². The third kappa shape index (κ3) is 4.36. The fraction of sp³-hybridized carbons (Fsp3) is 0.438. The molecule has 0 unspecified atom stereocenters. The molecule has 2 nitrogen and oxygen atoms in total. The van der Waals surface area contributed by atoms with Crippen molar-refractivity contribution in [2.45, 2.75) is 33.6 Å². The molecule has 1 amide bonds. The Labute approximate surface area is 110 Å². The van der Waals surface area contributed by atoms with E-state index >= 15 is 0 Å². The number of carbonyl (C=O) groups is 1. The lowest BCUT2D eigenvalue weighted by Gasteiger charge is -2.20. The molecule has 0 N–H and O–H groups in total. The highest BCUT2D eigenvalue weighted by molar-refractivity contribution is 5.76. The molecule has 98 valence electrons. The number of amides is 1. The summed E-state index contributed by atoms with van der Waals surface area (Å²) in [5.74, 6) is 0.231. The lowest BCUT2D eigenvalue weighted by atomic mass is 10.1. The summed E-state index contributed by atoms with van der Waals surface area (Å²) in [5.41, 5.74) is 2.44. The van der Waals surface area contributed by atoms with E-state index in [9.17, 15) is 4.79 Å². The van der Waals surface area contributed by atoms with Gasteiger partial charge >= 0.3 is 0 Å². The van der Waals surface area contributed by atoms with E-state index in [4.69, 9.17) is 0 Å². The standard InChI is InChI=1S/C16H23NO/c1-4-12-17(16(18)5-2)13-11-14(3)15-9-7-6-8-10-15/h6-11H,4-5,12-13H2,1-3H3. The summed E-state index contributed by atoms with van der Waals surface area (Å²) in [4.78, 5) is 13.7. The fourth-order valence-corrected chi connectivity index (χ4v) is 1.88. The van der Waals surface area contributed by atoms with Gasteiger partial charge in [-0.1, -0.05) is 50.3 Å². The molecule has 0 aromatic heterocycles. The minimum absolute atomic E-state index is 0.231. The average molecular weight is 245 g/mol. The number of hydrogen-bond acceptors (Lipinski definition) is 1. The van der Waals surface area contributed by atoms with Crippen LogP contribution in [0.5, 0.6) is 0 Å². The minimum atomic E-state index is 0.231. The average Bonchev–Trinajstić information content (AvgIpc) is 2.43. The van der Waals surface area contributed by atoms with E-state index in [1.54, 1.807) is 0 Å². The van der Waals surface area contributed by atoms with E-state index in [0.29, 0.717) is 13.0 Å². The zero-order chi connectivity index (χ0) is 13.4. The van der Waals surface area contributed by atoms with Crippen LogP contribution in [0.4, 0.5) is 0 Å². The van der Waals surface area contributed by atoms with E-state index in [0.717, 1.165) is 13.0 Å². The first kappa shape index (κ1) is 14.5. The van der Waals surface area contributed by atoms with Crippen molar-refractivity contribution < 1.29 is 4.79 Å². The fourth-order valence-electron chi connectivity index (χ4n) is 1.88. The Balaban J connectivity index is 2.68. The third-order valence-corrected chi connectivity index (χ3v) is 3.00. The lowest BCUT2D eigenvalue weighted by molar-refractivity contribution is -0.130. The van der Waals surface area contributed by atoms with E-state index in [-0.39, 0.29) is 5.91 Å². The zero-order valence-electron chi connectivity index (χ0n) is 11.6. The molecule has 0 fully saturated rings. The van der Waals surface area contributed by atoms with Crippen LogP contribution in [0.1, 0.15) is 39.2 Å². The SMILES string of the molecule is CCCN(CC=C(C)c1ccccc1)C(=O)CC. The van der Waals surface area contributed by atoms with E-state index in [2.05, 4.69) is 32.1 Å². The molecule has 1 aromatic carbocycles. The molecule has 18 heavy (non-hydrogen) atoms. The molecule has 0 atom stereocenters. The molecule has 0 bridgehead atoms. The number of benzene rings is 1. The maximum Gasteiger partial charge on any atom is 0.222 e. The molecule has 0 aliphatic heterocycles. The van der Waals surface area contributed by atoms with Gasteiger partial charge in [0, 0.05) is 19.5 Å². The maximum absolute atomic E-state index is 11.7. The Morgan fingerprint density at radius 1 is 1.22 bits per heavy atom. The Morgan fingerprint density at radius 3 is 2.44 bits per heavy atom. The van der Waals surface area contributed by atoms with Crippen molar-refractivity contribution >= 4 is 11.5 Å². The van der Waals surface area contributed by atoms with Crippen molar-refractivity contribution in [3.63, 3.8) is 0 Å². The topological polar surface area (TPSA) is 20.3 Å². The van der Waals surface area contributed by atoms with Crippen LogP contribution in [-0.4, -0.2) is 23.9 Å². The van der Waals surface area contributed by atoms with Gasteiger partial charge in [0.1, 0.15) is 0 Å².